The zero-order chi connectivity index (χ0) is 11.7. The summed E-state index contributed by atoms with van der Waals surface area (Å²) < 4.78 is 0.652. The molecule has 3 heterocycles. The molecule has 0 radical (unpaired) electrons. The summed E-state index contributed by atoms with van der Waals surface area (Å²) in [6.45, 7) is 1.76. The topological polar surface area (TPSA) is 66.5 Å². The molecule has 0 amide bonds. The average Bonchev–Trinajstić information content (AvgIpc) is 2.40. The number of fused-ring (bicyclic) bond motifs is 1. The van der Waals surface area contributed by atoms with Gasteiger partial charge in [-0.25, -0.2) is 15.0 Å². The molecule has 0 spiro atoms. The molecule has 0 aliphatic carbocycles. The minimum Gasteiger partial charge on any atom is -0.341 e. The maximum atomic E-state index is 5.31. The van der Waals surface area contributed by atoms with Crippen molar-refractivity contribution in [3.8, 4) is 11.5 Å². The van der Waals surface area contributed by atoms with Gasteiger partial charge in [-0.3, -0.25) is 0 Å². The van der Waals surface area contributed by atoms with Crippen LogP contribution in [0.4, 0.5) is 0 Å². The summed E-state index contributed by atoms with van der Waals surface area (Å²) in [5.41, 5.74) is 3.04. The van der Waals surface area contributed by atoms with Crippen LogP contribution in [-0.2, 0) is 13.0 Å². The van der Waals surface area contributed by atoms with E-state index in [2.05, 4.69) is 25.3 Å². The number of aromatic amines is 1. The van der Waals surface area contributed by atoms with Crippen LogP contribution in [0, 0.1) is 4.64 Å². The van der Waals surface area contributed by atoms with Gasteiger partial charge >= 0.3 is 0 Å². The van der Waals surface area contributed by atoms with Crippen LogP contribution in [0.15, 0.2) is 18.6 Å². The van der Waals surface area contributed by atoms with Gasteiger partial charge in [0.25, 0.3) is 0 Å². The van der Waals surface area contributed by atoms with E-state index in [4.69, 9.17) is 12.2 Å². The van der Waals surface area contributed by atoms with Gasteiger partial charge in [0.15, 0.2) is 5.82 Å². The second-order valence-electron chi connectivity index (χ2n) is 3.87. The molecule has 2 N–H and O–H groups in total. The van der Waals surface area contributed by atoms with Crippen LogP contribution in [0.3, 0.4) is 0 Å². The van der Waals surface area contributed by atoms with E-state index in [0.717, 1.165) is 42.3 Å². The second-order valence-corrected chi connectivity index (χ2v) is 4.26. The highest BCUT2D eigenvalue weighted by Crippen LogP contribution is 2.17. The second kappa shape index (κ2) is 4.31. The molecular weight excluding hydrogens is 234 g/mol. The van der Waals surface area contributed by atoms with Gasteiger partial charge in [0, 0.05) is 37.0 Å². The molecule has 2 aromatic rings. The Kier molecular flexibility index (Phi) is 2.66. The summed E-state index contributed by atoms with van der Waals surface area (Å²) in [6, 6.07) is 1.82. The molecule has 0 fully saturated rings. The number of nitrogens with zero attached hydrogens (tertiary/aromatic N) is 3. The monoisotopic (exact) mass is 245 g/mol. The number of hydrogen-bond donors (Lipinski definition) is 2. The van der Waals surface area contributed by atoms with Crippen LogP contribution in [0.2, 0.25) is 0 Å². The fraction of sp³-hybridized carbons (Fsp3) is 0.273. The van der Waals surface area contributed by atoms with Crippen molar-refractivity contribution >= 4 is 12.2 Å². The van der Waals surface area contributed by atoms with E-state index in [1.807, 2.05) is 6.07 Å². The van der Waals surface area contributed by atoms with Gasteiger partial charge in [0.1, 0.15) is 16.7 Å². The molecule has 3 rings (SSSR count). The quantitative estimate of drug-likeness (QED) is 0.740. The summed E-state index contributed by atoms with van der Waals surface area (Å²) in [6.07, 6.45) is 4.15. The maximum Gasteiger partial charge on any atom is 0.157 e. The molecule has 17 heavy (non-hydrogen) atoms. The summed E-state index contributed by atoms with van der Waals surface area (Å²) in [5, 5.41) is 3.29. The lowest BCUT2D eigenvalue weighted by Gasteiger charge is -2.17. The molecule has 5 nitrogen and oxygen atoms in total. The number of nitrogens with one attached hydrogen (secondary N) is 2. The van der Waals surface area contributed by atoms with Crippen molar-refractivity contribution in [1.29, 1.82) is 0 Å². The van der Waals surface area contributed by atoms with Crippen molar-refractivity contribution in [2.75, 3.05) is 6.54 Å². The zero-order valence-corrected chi connectivity index (χ0v) is 9.92. The normalized spacial score (nSPS) is 14.4. The fourth-order valence-corrected chi connectivity index (χ4v) is 2.21. The molecule has 0 aromatic carbocycles. The Hall–Kier alpha value is -1.66. The van der Waals surface area contributed by atoms with Crippen LogP contribution in [0.5, 0.6) is 0 Å². The average molecular weight is 245 g/mol. The van der Waals surface area contributed by atoms with E-state index < -0.39 is 0 Å². The lowest BCUT2D eigenvalue weighted by molar-refractivity contribution is 0.624. The first-order valence-electron chi connectivity index (χ1n) is 5.44. The molecular formula is C11H11N5S. The van der Waals surface area contributed by atoms with Crippen molar-refractivity contribution in [2.24, 2.45) is 0 Å². The lowest BCUT2D eigenvalue weighted by atomic mass is 10.1. The first-order valence-corrected chi connectivity index (χ1v) is 5.84. The van der Waals surface area contributed by atoms with Gasteiger partial charge in [-0.1, -0.05) is 12.2 Å². The van der Waals surface area contributed by atoms with Crippen LogP contribution < -0.4 is 5.32 Å². The Bertz CT molecular complexity index is 593. The van der Waals surface area contributed by atoms with E-state index in [1.165, 1.54) is 6.33 Å². The molecule has 0 bridgehead atoms. The summed E-state index contributed by atoms with van der Waals surface area (Å²) >= 11 is 5.31. The highest BCUT2D eigenvalue weighted by Gasteiger charge is 2.13. The maximum absolute atomic E-state index is 5.31. The number of aromatic nitrogens is 4. The first kappa shape index (κ1) is 10.5. The third-order valence-electron chi connectivity index (χ3n) is 2.78. The molecule has 0 atom stereocenters. The minimum atomic E-state index is 0.652. The first-order chi connectivity index (χ1) is 8.34. The van der Waals surface area contributed by atoms with Gasteiger partial charge in [0.05, 0.1) is 0 Å². The van der Waals surface area contributed by atoms with Crippen molar-refractivity contribution in [2.45, 2.75) is 13.0 Å². The number of rotatable bonds is 1. The van der Waals surface area contributed by atoms with E-state index in [0.29, 0.717) is 4.64 Å². The Morgan fingerprint density at radius 3 is 3.12 bits per heavy atom. The van der Waals surface area contributed by atoms with Crippen LogP contribution in [0.25, 0.3) is 11.5 Å². The third-order valence-corrected chi connectivity index (χ3v) is 3.12. The minimum absolute atomic E-state index is 0.652. The van der Waals surface area contributed by atoms with Crippen molar-refractivity contribution < 1.29 is 0 Å². The SMILES string of the molecule is S=c1nc(-c2ccncn2)[nH]c2c1CNCC2. The molecule has 6 heteroatoms. The standard InChI is InChI=1S/C11H11N5S/c17-11-7-5-12-3-1-8(7)15-10(16-11)9-2-4-13-6-14-9/h2,4,6,12H,1,3,5H2,(H,15,16,17). The molecule has 2 aromatic heterocycles. The van der Waals surface area contributed by atoms with E-state index in [1.54, 1.807) is 6.20 Å². The predicted octanol–water partition coefficient (Wildman–Crippen LogP) is 1.24. The van der Waals surface area contributed by atoms with E-state index in [9.17, 15) is 0 Å². The smallest absolute Gasteiger partial charge is 0.157 e. The van der Waals surface area contributed by atoms with Gasteiger partial charge in [-0.15, -0.1) is 0 Å². The summed E-state index contributed by atoms with van der Waals surface area (Å²) in [5.74, 6) is 0.720. The largest absolute Gasteiger partial charge is 0.341 e. The van der Waals surface area contributed by atoms with E-state index >= 15 is 0 Å². The Morgan fingerprint density at radius 2 is 2.29 bits per heavy atom. The Balaban J connectivity index is 2.14. The van der Waals surface area contributed by atoms with Gasteiger partial charge in [-0.2, -0.15) is 0 Å². The molecule has 0 saturated carbocycles. The van der Waals surface area contributed by atoms with Crippen LogP contribution >= 0.6 is 12.2 Å². The van der Waals surface area contributed by atoms with Crippen molar-refractivity contribution in [3.05, 3.63) is 34.5 Å². The Labute approximate surface area is 103 Å². The number of H-pyrrole nitrogens is 1. The highest BCUT2D eigenvalue weighted by molar-refractivity contribution is 7.71. The van der Waals surface area contributed by atoms with Gasteiger partial charge < -0.3 is 10.3 Å². The lowest BCUT2D eigenvalue weighted by Crippen LogP contribution is -2.25. The zero-order valence-electron chi connectivity index (χ0n) is 9.10. The molecule has 1 aliphatic heterocycles. The Morgan fingerprint density at radius 1 is 1.35 bits per heavy atom. The van der Waals surface area contributed by atoms with Crippen molar-refractivity contribution in [1.82, 2.24) is 25.3 Å². The van der Waals surface area contributed by atoms with Crippen LogP contribution in [-0.4, -0.2) is 26.5 Å². The number of hydrogen-bond acceptors (Lipinski definition) is 5. The van der Waals surface area contributed by atoms with Crippen molar-refractivity contribution in [3.63, 3.8) is 0 Å². The summed E-state index contributed by atoms with van der Waals surface area (Å²) in [7, 11) is 0. The molecule has 1 aliphatic rings. The van der Waals surface area contributed by atoms with Gasteiger partial charge in [-0.05, 0) is 6.07 Å². The predicted molar refractivity (Wildman–Crippen MR) is 65.9 cm³/mol. The van der Waals surface area contributed by atoms with E-state index in [-0.39, 0.29) is 0 Å². The molecule has 0 saturated heterocycles. The van der Waals surface area contributed by atoms with Crippen LogP contribution in [0.1, 0.15) is 11.3 Å². The highest BCUT2D eigenvalue weighted by atomic mass is 32.1. The molecule has 86 valence electrons. The molecule has 0 unspecified atom stereocenters. The third kappa shape index (κ3) is 1.96. The fourth-order valence-electron chi connectivity index (χ4n) is 1.92. The summed E-state index contributed by atoms with van der Waals surface area (Å²) in [4.78, 5) is 15.8. The van der Waals surface area contributed by atoms with Gasteiger partial charge in [0.2, 0.25) is 0 Å².